The van der Waals surface area contributed by atoms with Crippen LogP contribution in [-0.4, -0.2) is 41.6 Å². The third kappa shape index (κ3) is 5.08. The summed E-state index contributed by atoms with van der Waals surface area (Å²) in [6.45, 7) is 4.27. The van der Waals surface area contributed by atoms with Crippen molar-refractivity contribution in [2.24, 2.45) is 0 Å². The SMILES string of the molecule is CCOCCC1(Oc2ccc(Oc3ccc(-c4csc(C)n4)cc3)cc2)C(=O)NC(=O)NC1=O. The average Bonchev–Trinajstić information content (AvgIpc) is 3.25. The Hall–Kier alpha value is -3.76. The van der Waals surface area contributed by atoms with Crippen molar-refractivity contribution in [3.05, 3.63) is 58.9 Å². The van der Waals surface area contributed by atoms with Gasteiger partial charge in [-0.1, -0.05) is 0 Å². The summed E-state index contributed by atoms with van der Waals surface area (Å²) < 4.78 is 17.0. The lowest BCUT2D eigenvalue weighted by Crippen LogP contribution is -2.69. The van der Waals surface area contributed by atoms with Gasteiger partial charge in [0.2, 0.25) is 0 Å². The summed E-state index contributed by atoms with van der Waals surface area (Å²) in [6, 6.07) is 13.2. The van der Waals surface area contributed by atoms with Gasteiger partial charge in [0.05, 0.1) is 17.3 Å². The first-order chi connectivity index (χ1) is 16.4. The summed E-state index contributed by atoms with van der Waals surface area (Å²) >= 11 is 1.60. The van der Waals surface area contributed by atoms with E-state index in [0.717, 1.165) is 16.3 Å². The Morgan fingerprint density at radius 3 is 2.06 bits per heavy atom. The highest BCUT2D eigenvalue weighted by atomic mass is 32.1. The largest absolute Gasteiger partial charge is 0.467 e. The van der Waals surface area contributed by atoms with Gasteiger partial charge in [0.1, 0.15) is 17.2 Å². The standard InChI is InChI=1S/C24H23N3O6S/c1-3-31-13-12-24(21(28)26-23(30)27-22(24)29)33-19-10-8-18(9-11-19)32-17-6-4-16(5-7-17)20-14-34-15(2)25-20/h4-11,14H,3,12-13H2,1-2H3,(H2,26,27,28,29,30). The quantitative estimate of drug-likeness (QED) is 0.353. The van der Waals surface area contributed by atoms with Crippen molar-refractivity contribution < 1.29 is 28.6 Å². The van der Waals surface area contributed by atoms with Crippen LogP contribution >= 0.6 is 11.3 Å². The second-order valence-electron chi connectivity index (χ2n) is 7.46. The minimum Gasteiger partial charge on any atom is -0.467 e. The highest BCUT2D eigenvalue weighted by Gasteiger charge is 2.52. The number of ether oxygens (including phenoxy) is 3. The molecule has 0 aliphatic carbocycles. The summed E-state index contributed by atoms with van der Waals surface area (Å²) in [6.07, 6.45) is -0.0606. The fourth-order valence-corrected chi connectivity index (χ4v) is 4.00. The number of thiazole rings is 1. The number of barbiturate groups is 1. The van der Waals surface area contributed by atoms with E-state index in [1.165, 1.54) is 0 Å². The molecule has 0 bridgehead atoms. The highest BCUT2D eigenvalue weighted by Crippen LogP contribution is 2.30. The van der Waals surface area contributed by atoms with Crippen LogP contribution in [0.3, 0.4) is 0 Å². The van der Waals surface area contributed by atoms with Crippen molar-refractivity contribution in [1.29, 1.82) is 0 Å². The fourth-order valence-electron chi connectivity index (χ4n) is 3.38. The molecule has 4 rings (SSSR count). The third-order valence-electron chi connectivity index (χ3n) is 5.11. The van der Waals surface area contributed by atoms with Gasteiger partial charge in [-0.25, -0.2) is 9.78 Å². The molecule has 1 aromatic heterocycles. The Bertz CT molecular complexity index is 1170. The number of carbonyl (C=O) groups is 3. The van der Waals surface area contributed by atoms with E-state index in [-0.39, 0.29) is 18.8 Å². The lowest BCUT2D eigenvalue weighted by molar-refractivity contribution is -0.153. The minimum atomic E-state index is -1.92. The van der Waals surface area contributed by atoms with Crippen LogP contribution in [0.5, 0.6) is 17.2 Å². The van der Waals surface area contributed by atoms with Crippen LogP contribution in [0.1, 0.15) is 18.4 Å². The minimum absolute atomic E-state index is 0.0606. The van der Waals surface area contributed by atoms with E-state index in [9.17, 15) is 14.4 Å². The van der Waals surface area contributed by atoms with Crippen molar-refractivity contribution in [2.75, 3.05) is 13.2 Å². The van der Waals surface area contributed by atoms with E-state index < -0.39 is 23.4 Å². The molecule has 0 saturated carbocycles. The van der Waals surface area contributed by atoms with E-state index in [4.69, 9.17) is 14.2 Å². The molecular weight excluding hydrogens is 458 g/mol. The molecule has 176 valence electrons. The molecule has 1 aliphatic heterocycles. The molecule has 1 saturated heterocycles. The lowest BCUT2D eigenvalue weighted by Gasteiger charge is -2.34. The summed E-state index contributed by atoms with van der Waals surface area (Å²) in [4.78, 5) is 41.1. The molecule has 1 aliphatic rings. The van der Waals surface area contributed by atoms with Crippen molar-refractivity contribution in [3.8, 4) is 28.5 Å². The third-order valence-corrected chi connectivity index (χ3v) is 5.88. The van der Waals surface area contributed by atoms with Gasteiger partial charge in [-0.3, -0.25) is 20.2 Å². The van der Waals surface area contributed by atoms with Gasteiger partial charge in [0.15, 0.2) is 0 Å². The first kappa shape index (κ1) is 23.4. The highest BCUT2D eigenvalue weighted by molar-refractivity contribution is 7.09. The number of carbonyl (C=O) groups excluding carboxylic acids is 3. The van der Waals surface area contributed by atoms with Crippen LogP contribution < -0.4 is 20.1 Å². The number of rotatable bonds is 9. The summed E-state index contributed by atoms with van der Waals surface area (Å²) in [5.74, 6) is -0.228. The number of aryl methyl sites for hydroxylation is 1. The van der Waals surface area contributed by atoms with Crippen LogP contribution in [0.25, 0.3) is 11.3 Å². The van der Waals surface area contributed by atoms with Gasteiger partial charge < -0.3 is 14.2 Å². The molecule has 34 heavy (non-hydrogen) atoms. The first-order valence-corrected chi connectivity index (χ1v) is 11.5. The zero-order chi connectivity index (χ0) is 24.1. The van der Waals surface area contributed by atoms with Gasteiger partial charge in [-0.05, 0) is 62.4 Å². The predicted octanol–water partition coefficient (Wildman–Crippen LogP) is 3.82. The molecule has 2 heterocycles. The van der Waals surface area contributed by atoms with Gasteiger partial charge in [-0.15, -0.1) is 11.3 Å². The Labute approximate surface area is 200 Å². The first-order valence-electron chi connectivity index (χ1n) is 10.6. The number of nitrogens with one attached hydrogen (secondary N) is 2. The molecule has 0 unspecified atom stereocenters. The van der Waals surface area contributed by atoms with Gasteiger partial charge in [0, 0.05) is 24.0 Å². The Kier molecular flexibility index (Phi) is 6.90. The molecule has 1 fully saturated rings. The van der Waals surface area contributed by atoms with Crippen LogP contribution in [0.4, 0.5) is 4.79 Å². The monoisotopic (exact) mass is 481 g/mol. The second kappa shape index (κ2) is 10.0. The van der Waals surface area contributed by atoms with E-state index in [1.54, 1.807) is 42.5 Å². The fraction of sp³-hybridized carbons (Fsp3) is 0.250. The summed E-state index contributed by atoms with van der Waals surface area (Å²) in [5, 5.41) is 7.20. The summed E-state index contributed by atoms with van der Waals surface area (Å²) in [5.41, 5.74) is 0.00150. The van der Waals surface area contributed by atoms with Crippen molar-refractivity contribution in [2.45, 2.75) is 25.9 Å². The molecule has 4 amide bonds. The topological polar surface area (TPSA) is 116 Å². The molecule has 3 aromatic rings. The van der Waals surface area contributed by atoms with E-state index >= 15 is 0 Å². The maximum Gasteiger partial charge on any atom is 0.328 e. The Morgan fingerprint density at radius 1 is 0.912 bits per heavy atom. The number of urea groups is 1. The number of imide groups is 2. The van der Waals surface area contributed by atoms with Gasteiger partial charge in [0.25, 0.3) is 17.4 Å². The molecule has 2 aromatic carbocycles. The number of aromatic nitrogens is 1. The molecule has 0 spiro atoms. The number of hydrogen-bond acceptors (Lipinski definition) is 8. The van der Waals surface area contributed by atoms with E-state index in [0.29, 0.717) is 18.1 Å². The van der Waals surface area contributed by atoms with E-state index in [1.807, 2.05) is 36.6 Å². The Morgan fingerprint density at radius 2 is 1.50 bits per heavy atom. The van der Waals surface area contributed by atoms with Gasteiger partial charge in [-0.2, -0.15) is 0 Å². The lowest BCUT2D eigenvalue weighted by atomic mass is 9.95. The predicted molar refractivity (Wildman–Crippen MR) is 125 cm³/mol. The maximum absolute atomic E-state index is 12.6. The zero-order valence-corrected chi connectivity index (χ0v) is 19.4. The van der Waals surface area contributed by atoms with Crippen LogP contribution in [0.15, 0.2) is 53.9 Å². The smallest absolute Gasteiger partial charge is 0.328 e. The normalized spacial score (nSPS) is 14.9. The van der Waals surface area contributed by atoms with Crippen LogP contribution in [0.2, 0.25) is 0 Å². The maximum atomic E-state index is 12.6. The van der Waals surface area contributed by atoms with Crippen molar-refractivity contribution in [1.82, 2.24) is 15.6 Å². The number of nitrogens with zero attached hydrogens (tertiary/aromatic N) is 1. The molecule has 10 heteroatoms. The van der Waals surface area contributed by atoms with Crippen molar-refractivity contribution in [3.63, 3.8) is 0 Å². The van der Waals surface area contributed by atoms with Crippen LogP contribution in [0, 0.1) is 6.92 Å². The Balaban J connectivity index is 1.46. The molecule has 9 nitrogen and oxygen atoms in total. The number of hydrogen-bond donors (Lipinski definition) is 2. The van der Waals surface area contributed by atoms with Crippen molar-refractivity contribution >= 4 is 29.2 Å². The van der Waals surface area contributed by atoms with E-state index in [2.05, 4.69) is 15.6 Å². The number of amides is 4. The van der Waals surface area contributed by atoms with Gasteiger partial charge >= 0.3 is 6.03 Å². The molecular formula is C24H23N3O6S. The molecule has 0 radical (unpaired) electrons. The molecule has 0 atom stereocenters. The molecule has 2 N–H and O–H groups in total. The average molecular weight is 482 g/mol. The van der Waals surface area contributed by atoms with Crippen LogP contribution in [-0.2, 0) is 14.3 Å². The summed E-state index contributed by atoms with van der Waals surface area (Å²) in [7, 11) is 0. The zero-order valence-electron chi connectivity index (χ0n) is 18.6. The number of benzene rings is 2. The second-order valence-corrected chi connectivity index (χ2v) is 8.53.